The molecule has 0 heterocycles. The second-order valence-corrected chi connectivity index (χ2v) is 3.56. The van der Waals surface area contributed by atoms with E-state index in [2.05, 4.69) is 0 Å². The van der Waals surface area contributed by atoms with E-state index in [0.29, 0.717) is 11.3 Å². The molecule has 0 amide bonds. The Morgan fingerprint density at radius 2 is 1.76 bits per heavy atom. The van der Waals surface area contributed by atoms with Crippen molar-refractivity contribution in [2.45, 2.75) is 6.61 Å². The van der Waals surface area contributed by atoms with Crippen LogP contribution in [0.3, 0.4) is 0 Å². The SMILES string of the molecule is Nc1ccc(OCc2ccccc2F)cc1F. The normalized spacial score (nSPS) is 10.2. The van der Waals surface area contributed by atoms with Crippen molar-refractivity contribution in [3.63, 3.8) is 0 Å². The molecule has 0 fully saturated rings. The van der Waals surface area contributed by atoms with Gasteiger partial charge in [-0.1, -0.05) is 18.2 Å². The van der Waals surface area contributed by atoms with Gasteiger partial charge < -0.3 is 10.5 Å². The van der Waals surface area contributed by atoms with E-state index < -0.39 is 5.82 Å². The molecule has 2 rings (SSSR count). The van der Waals surface area contributed by atoms with Crippen molar-refractivity contribution in [3.05, 3.63) is 59.7 Å². The molecule has 2 aromatic carbocycles. The van der Waals surface area contributed by atoms with Crippen LogP contribution >= 0.6 is 0 Å². The number of halogens is 2. The highest BCUT2D eigenvalue weighted by molar-refractivity contribution is 5.43. The van der Waals surface area contributed by atoms with Crippen molar-refractivity contribution in [3.8, 4) is 5.75 Å². The molecule has 17 heavy (non-hydrogen) atoms. The highest BCUT2D eigenvalue weighted by Crippen LogP contribution is 2.19. The Bertz CT molecular complexity index is 529. The maximum absolute atomic E-state index is 13.3. The van der Waals surface area contributed by atoms with E-state index in [0.717, 1.165) is 0 Å². The van der Waals surface area contributed by atoms with E-state index in [1.54, 1.807) is 24.3 Å². The molecule has 0 unspecified atom stereocenters. The zero-order chi connectivity index (χ0) is 12.3. The number of hydrogen-bond donors (Lipinski definition) is 1. The third-order valence-electron chi connectivity index (χ3n) is 2.32. The molecule has 0 aliphatic heterocycles. The summed E-state index contributed by atoms with van der Waals surface area (Å²) in [5.74, 6) is -0.570. The summed E-state index contributed by atoms with van der Waals surface area (Å²) < 4.78 is 31.6. The summed E-state index contributed by atoms with van der Waals surface area (Å²) >= 11 is 0. The first-order valence-corrected chi connectivity index (χ1v) is 5.08. The fourth-order valence-corrected chi connectivity index (χ4v) is 1.37. The van der Waals surface area contributed by atoms with Crippen LogP contribution in [0, 0.1) is 11.6 Å². The second kappa shape index (κ2) is 4.82. The maximum atomic E-state index is 13.3. The molecule has 4 heteroatoms. The molecule has 0 aliphatic carbocycles. The van der Waals surface area contributed by atoms with Crippen LogP contribution < -0.4 is 10.5 Å². The molecule has 0 aromatic heterocycles. The highest BCUT2D eigenvalue weighted by Gasteiger charge is 2.04. The highest BCUT2D eigenvalue weighted by atomic mass is 19.1. The summed E-state index contributed by atoms with van der Waals surface area (Å²) in [6.45, 7) is 0.0516. The van der Waals surface area contributed by atoms with Crippen LogP contribution in [0.15, 0.2) is 42.5 Å². The number of nitrogens with two attached hydrogens (primary N) is 1. The third-order valence-corrected chi connectivity index (χ3v) is 2.32. The van der Waals surface area contributed by atoms with E-state index in [9.17, 15) is 8.78 Å². The van der Waals surface area contributed by atoms with Gasteiger partial charge in [0, 0.05) is 11.6 Å². The van der Waals surface area contributed by atoms with Crippen molar-refractivity contribution in [1.29, 1.82) is 0 Å². The third kappa shape index (κ3) is 2.72. The van der Waals surface area contributed by atoms with Crippen molar-refractivity contribution >= 4 is 5.69 Å². The number of ether oxygens (including phenoxy) is 1. The Kier molecular flexibility index (Phi) is 3.23. The fourth-order valence-electron chi connectivity index (χ4n) is 1.37. The van der Waals surface area contributed by atoms with Gasteiger partial charge in [-0.05, 0) is 18.2 Å². The van der Waals surface area contributed by atoms with E-state index in [1.807, 2.05) is 0 Å². The van der Waals surface area contributed by atoms with Crippen molar-refractivity contribution in [2.75, 3.05) is 5.73 Å². The molecular weight excluding hydrogens is 224 g/mol. The molecule has 0 spiro atoms. The summed E-state index contributed by atoms with van der Waals surface area (Å²) in [5.41, 5.74) is 5.81. The van der Waals surface area contributed by atoms with E-state index >= 15 is 0 Å². The molecule has 0 aliphatic rings. The van der Waals surface area contributed by atoms with E-state index in [-0.39, 0.29) is 18.1 Å². The molecule has 2 nitrogen and oxygen atoms in total. The molecule has 0 saturated heterocycles. The van der Waals surface area contributed by atoms with Crippen molar-refractivity contribution in [1.82, 2.24) is 0 Å². The second-order valence-electron chi connectivity index (χ2n) is 3.56. The Labute approximate surface area is 97.6 Å². The zero-order valence-corrected chi connectivity index (χ0v) is 8.99. The average molecular weight is 235 g/mol. The number of hydrogen-bond acceptors (Lipinski definition) is 2. The van der Waals surface area contributed by atoms with Gasteiger partial charge in [0.25, 0.3) is 0 Å². The summed E-state index contributed by atoms with van der Waals surface area (Å²) in [6.07, 6.45) is 0. The molecule has 2 aromatic rings. The molecule has 88 valence electrons. The number of benzene rings is 2. The Hall–Kier alpha value is -2.10. The monoisotopic (exact) mass is 235 g/mol. The largest absolute Gasteiger partial charge is 0.489 e. The Morgan fingerprint density at radius 3 is 2.47 bits per heavy atom. The summed E-state index contributed by atoms with van der Waals surface area (Å²) in [7, 11) is 0. The van der Waals surface area contributed by atoms with Gasteiger partial charge in [-0.3, -0.25) is 0 Å². The maximum Gasteiger partial charge on any atom is 0.149 e. The van der Waals surface area contributed by atoms with E-state index in [4.69, 9.17) is 10.5 Å². The number of anilines is 1. The van der Waals surface area contributed by atoms with Crippen molar-refractivity contribution < 1.29 is 13.5 Å². The number of rotatable bonds is 3. The van der Waals surface area contributed by atoms with Gasteiger partial charge in [0.05, 0.1) is 5.69 Å². The smallest absolute Gasteiger partial charge is 0.149 e. The molecule has 0 saturated carbocycles. The minimum absolute atomic E-state index is 0.0516. The predicted molar refractivity (Wildman–Crippen MR) is 61.5 cm³/mol. The zero-order valence-electron chi connectivity index (χ0n) is 8.99. The van der Waals surface area contributed by atoms with Crippen LogP contribution in [-0.2, 0) is 6.61 Å². The lowest BCUT2D eigenvalue weighted by atomic mass is 10.2. The first-order chi connectivity index (χ1) is 8.16. The molecule has 0 atom stereocenters. The molecule has 0 bridgehead atoms. The Balaban J connectivity index is 2.08. The van der Waals surface area contributed by atoms with Crippen LogP contribution in [-0.4, -0.2) is 0 Å². The van der Waals surface area contributed by atoms with Gasteiger partial charge in [0.15, 0.2) is 0 Å². The molecule has 0 radical (unpaired) electrons. The minimum atomic E-state index is -0.545. The first-order valence-electron chi connectivity index (χ1n) is 5.08. The lowest BCUT2D eigenvalue weighted by Crippen LogP contribution is -1.99. The Morgan fingerprint density at radius 1 is 1.00 bits per heavy atom. The quantitative estimate of drug-likeness (QED) is 0.829. The van der Waals surface area contributed by atoms with Crippen LogP contribution in [0.1, 0.15) is 5.56 Å². The summed E-state index contributed by atoms with van der Waals surface area (Å²) in [4.78, 5) is 0. The molecule has 2 N–H and O–H groups in total. The van der Waals surface area contributed by atoms with Gasteiger partial charge in [-0.2, -0.15) is 0 Å². The minimum Gasteiger partial charge on any atom is -0.489 e. The van der Waals surface area contributed by atoms with Gasteiger partial charge in [-0.15, -0.1) is 0 Å². The lowest BCUT2D eigenvalue weighted by molar-refractivity contribution is 0.298. The average Bonchev–Trinajstić information content (AvgIpc) is 2.32. The van der Waals surface area contributed by atoms with Crippen LogP contribution in [0.4, 0.5) is 14.5 Å². The lowest BCUT2D eigenvalue weighted by Gasteiger charge is -2.07. The summed E-state index contributed by atoms with van der Waals surface area (Å²) in [6, 6.07) is 10.4. The van der Waals surface area contributed by atoms with Crippen LogP contribution in [0.2, 0.25) is 0 Å². The standard InChI is InChI=1S/C13H11F2NO/c14-11-4-2-1-3-9(11)8-17-10-5-6-13(16)12(15)7-10/h1-7H,8,16H2. The first kappa shape index (κ1) is 11.4. The van der Waals surface area contributed by atoms with Gasteiger partial charge in [0.1, 0.15) is 24.0 Å². The van der Waals surface area contributed by atoms with Crippen LogP contribution in [0.25, 0.3) is 0 Å². The molecular formula is C13H11F2NO. The topological polar surface area (TPSA) is 35.2 Å². The summed E-state index contributed by atoms with van der Waals surface area (Å²) in [5, 5.41) is 0. The van der Waals surface area contributed by atoms with Gasteiger partial charge in [-0.25, -0.2) is 8.78 Å². The number of nitrogen functional groups attached to an aromatic ring is 1. The van der Waals surface area contributed by atoms with E-state index in [1.165, 1.54) is 18.2 Å². The predicted octanol–water partition coefficient (Wildman–Crippen LogP) is 3.13. The van der Waals surface area contributed by atoms with Gasteiger partial charge >= 0.3 is 0 Å². The van der Waals surface area contributed by atoms with Gasteiger partial charge in [0.2, 0.25) is 0 Å². The van der Waals surface area contributed by atoms with Crippen LogP contribution in [0.5, 0.6) is 5.75 Å². The van der Waals surface area contributed by atoms with Crippen molar-refractivity contribution in [2.24, 2.45) is 0 Å². The fraction of sp³-hybridized carbons (Fsp3) is 0.0769.